The molecule has 0 aliphatic carbocycles. The lowest BCUT2D eigenvalue weighted by Gasteiger charge is -2.27. The average Bonchev–Trinajstić information content (AvgIpc) is 2.38. The number of carbonyl (C=O) groups is 1. The molecule has 1 saturated heterocycles. The van der Waals surface area contributed by atoms with Gasteiger partial charge in [0.15, 0.2) is 0 Å². The topological polar surface area (TPSA) is 54.5 Å². The van der Waals surface area contributed by atoms with Crippen molar-refractivity contribution in [2.75, 3.05) is 36.5 Å². The number of aromatic nitrogens is 1. The van der Waals surface area contributed by atoms with Crippen LogP contribution in [0.4, 0.5) is 11.5 Å². The lowest BCUT2D eigenvalue weighted by Crippen LogP contribution is -2.36. The molecule has 0 bridgehead atoms. The van der Waals surface area contributed by atoms with Crippen LogP contribution in [0.15, 0.2) is 18.3 Å². The van der Waals surface area contributed by atoms with Crippen LogP contribution in [-0.4, -0.2) is 37.2 Å². The minimum absolute atomic E-state index is 0.00868. The summed E-state index contributed by atoms with van der Waals surface area (Å²) in [6.45, 7) is 9.36. The molecule has 0 atom stereocenters. The fourth-order valence-electron chi connectivity index (χ4n) is 2.13. The molecule has 1 amide bonds. The van der Waals surface area contributed by atoms with E-state index in [1.165, 1.54) is 0 Å². The average molecular weight is 277 g/mol. The van der Waals surface area contributed by atoms with E-state index in [0.29, 0.717) is 6.42 Å². The van der Waals surface area contributed by atoms with Gasteiger partial charge < -0.3 is 15.0 Å². The Morgan fingerprint density at radius 1 is 1.35 bits per heavy atom. The highest BCUT2D eigenvalue weighted by atomic mass is 16.5. The first-order chi connectivity index (χ1) is 9.44. The molecule has 20 heavy (non-hydrogen) atoms. The molecule has 110 valence electrons. The van der Waals surface area contributed by atoms with Gasteiger partial charge in [-0.15, -0.1) is 0 Å². The number of carbonyl (C=O) groups excluding carboxylic acids is 1. The minimum atomic E-state index is -0.00868. The van der Waals surface area contributed by atoms with Crippen molar-refractivity contribution in [3.63, 3.8) is 0 Å². The molecule has 5 nitrogen and oxygen atoms in total. The predicted molar refractivity (Wildman–Crippen MR) is 80.0 cm³/mol. The Labute approximate surface area is 120 Å². The van der Waals surface area contributed by atoms with Crippen LogP contribution in [0, 0.1) is 5.41 Å². The Bertz CT molecular complexity index is 445. The monoisotopic (exact) mass is 277 g/mol. The number of morpholine rings is 1. The number of hydrogen-bond donors (Lipinski definition) is 1. The molecule has 1 fully saturated rings. The molecule has 1 aliphatic heterocycles. The molecule has 1 aromatic heterocycles. The van der Waals surface area contributed by atoms with Gasteiger partial charge in [-0.05, 0) is 17.5 Å². The Kier molecular flexibility index (Phi) is 4.60. The van der Waals surface area contributed by atoms with Crippen LogP contribution in [0.3, 0.4) is 0 Å². The first-order valence-corrected chi connectivity index (χ1v) is 7.03. The predicted octanol–water partition coefficient (Wildman–Crippen LogP) is 2.29. The molecule has 0 radical (unpaired) electrons. The van der Waals surface area contributed by atoms with Crippen LogP contribution in [0.5, 0.6) is 0 Å². The van der Waals surface area contributed by atoms with E-state index in [1.54, 1.807) is 6.20 Å². The second kappa shape index (κ2) is 6.22. The van der Waals surface area contributed by atoms with Gasteiger partial charge in [0, 0.05) is 19.5 Å². The van der Waals surface area contributed by atoms with Crippen molar-refractivity contribution in [2.45, 2.75) is 27.2 Å². The van der Waals surface area contributed by atoms with Crippen molar-refractivity contribution in [3.8, 4) is 0 Å². The molecular formula is C15H23N3O2. The van der Waals surface area contributed by atoms with Crippen molar-refractivity contribution in [1.29, 1.82) is 0 Å². The molecule has 1 N–H and O–H groups in total. The standard InChI is InChI=1S/C15H23N3O2/c1-15(2,3)10-14(19)17-12-4-5-13(16-11-12)18-6-8-20-9-7-18/h4-5,11H,6-10H2,1-3H3,(H,17,19). The van der Waals surface area contributed by atoms with E-state index >= 15 is 0 Å². The summed E-state index contributed by atoms with van der Waals surface area (Å²) in [5, 5.41) is 2.88. The first-order valence-electron chi connectivity index (χ1n) is 7.03. The second-order valence-electron chi connectivity index (χ2n) is 6.29. The molecule has 2 rings (SSSR count). The SMILES string of the molecule is CC(C)(C)CC(=O)Nc1ccc(N2CCOCC2)nc1. The van der Waals surface area contributed by atoms with Crippen molar-refractivity contribution in [3.05, 3.63) is 18.3 Å². The molecular weight excluding hydrogens is 254 g/mol. The van der Waals surface area contributed by atoms with E-state index in [9.17, 15) is 4.79 Å². The normalized spacial score (nSPS) is 16.1. The van der Waals surface area contributed by atoms with E-state index < -0.39 is 0 Å². The third kappa shape index (κ3) is 4.49. The lowest BCUT2D eigenvalue weighted by atomic mass is 9.92. The van der Waals surface area contributed by atoms with E-state index in [0.717, 1.165) is 37.8 Å². The van der Waals surface area contributed by atoms with Crippen LogP contribution in [0.25, 0.3) is 0 Å². The number of ether oxygens (including phenoxy) is 1. The van der Waals surface area contributed by atoms with Gasteiger partial charge in [0.25, 0.3) is 0 Å². The first kappa shape index (κ1) is 14.8. The second-order valence-corrected chi connectivity index (χ2v) is 6.29. The van der Waals surface area contributed by atoms with Crippen molar-refractivity contribution in [2.24, 2.45) is 5.41 Å². The highest BCUT2D eigenvalue weighted by Gasteiger charge is 2.16. The molecule has 0 unspecified atom stereocenters. The third-order valence-electron chi connectivity index (χ3n) is 3.06. The van der Waals surface area contributed by atoms with E-state index in [-0.39, 0.29) is 11.3 Å². The summed E-state index contributed by atoms with van der Waals surface area (Å²) < 4.78 is 5.32. The Hall–Kier alpha value is -1.62. The van der Waals surface area contributed by atoms with Crippen LogP contribution in [0.2, 0.25) is 0 Å². The van der Waals surface area contributed by atoms with Gasteiger partial charge in [-0.25, -0.2) is 4.98 Å². The van der Waals surface area contributed by atoms with Gasteiger partial charge in [0.2, 0.25) is 5.91 Å². The number of nitrogens with zero attached hydrogens (tertiary/aromatic N) is 2. The third-order valence-corrected chi connectivity index (χ3v) is 3.06. The number of hydrogen-bond acceptors (Lipinski definition) is 4. The van der Waals surface area contributed by atoms with E-state index in [4.69, 9.17) is 4.74 Å². The summed E-state index contributed by atoms with van der Waals surface area (Å²) in [5.74, 6) is 0.959. The van der Waals surface area contributed by atoms with Gasteiger partial charge in [0.1, 0.15) is 5.82 Å². The summed E-state index contributed by atoms with van der Waals surface area (Å²) in [7, 11) is 0. The number of nitrogens with one attached hydrogen (secondary N) is 1. The Morgan fingerprint density at radius 3 is 2.60 bits per heavy atom. The number of rotatable bonds is 3. The van der Waals surface area contributed by atoms with Crippen LogP contribution in [-0.2, 0) is 9.53 Å². The molecule has 0 aromatic carbocycles. The summed E-state index contributed by atoms with van der Waals surface area (Å²) >= 11 is 0. The van der Waals surface area contributed by atoms with Crippen LogP contribution in [0.1, 0.15) is 27.2 Å². The van der Waals surface area contributed by atoms with Gasteiger partial charge in [0.05, 0.1) is 25.1 Å². The fourth-order valence-corrected chi connectivity index (χ4v) is 2.13. The zero-order chi connectivity index (χ0) is 14.6. The number of amides is 1. The highest BCUT2D eigenvalue weighted by molar-refractivity contribution is 5.91. The highest BCUT2D eigenvalue weighted by Crippen LogP contribution is 2.20. The van der Waals surface area contributed by atoms with Gasteiger partial charge in [-0.2, -0.15) is 0 Å². The smallest absolute Gasteiger partial charge is 0.224 e. The summed E-state index contributed by atoms with van der Waals surface area (Å²) in [4.78, 5) is 18.4. The summed E-state index contributed by atoms with van der Waals surface area (Å²) in [6, 6.07) is 3.84. The molecule has 0 spiro atoms. The Balaban J connectivity index is 1.92. The molecule has 1 aromatic rings. The van der Waals surface area contributed by atoms with Gasteiger partial charge in [-0.3, -0.25) is 4.79 Å². The molecule has 1 aliphatic rings. The maximum atomic E-state index is 11.8. The molecule has 0 saturated carbocycles. The molecule has 2 heterocycles. The van der Waals surface area contributed by atoms with Crippen molar-refractivity contribution in [1.82, 2.24) is 4.98 Å². The van der Waals surface area contributed by atoms with Crippen molar-refractivity contribution >= 4 is 17.4 Å². The zero-order valence-corrected chi connectivity index (χ0v) is 12.5. The van der Waals surface area contributed by atoms with Crippen molar-refractivity contribution < 1.29 is 9.53 Å². The van der Waals surface area contributed by atoms with Crippen LogP contribution < -0.4 is 10.2 Å². The summed E-state index contributed by atoms with van der Waals surface area (Å²) in [6.07, 6.45) is 2.21. The quantitative estimate of drug-likeness (QED) is 0.921. The van der Waals surface area contributed by atoms with Crippen LogP contribution >= 0.6 is 0 Å². The molecule has 5 heteroatoms. The van der Waals surface area contributed by atoms with Gasteiger partial charge >= 0.3 is 0 Å². The van der Waals surface area contributed by atoms with E-state index in [2.05, 4.69) is 15.2 Å². The minimum Gasteiger partial charge on any atom is -0.378 e. The number of anilines is 2. The summed E-state index contributed by atoms with van der Waals surface area (Å²) in [5.41, 5.74) is 0.738. The van der Waals surface area contributed by atoms with Gasteiger partial charge in [-0.1, -0.05) is 20.8 Å². The zero-order valence-electron chi connectivity index (χ0n) is 12.5. The maximum absolute atomic E-state index is 11.8. The fraction of sp³-hybridized carbons (Fsp3) is 0.600. The van der Waals surface area contributed by atoms with E-state index in [1.807, 2.05) is 32.9 Å². The Morgan fingerprint density at radius 2 is 2.05 bits per heavy atom. The largest absolute Gasteiger partial charge is 0.378 e. The lowest BCUT2D eigenvalue weighted by molar-refractivity contribution is -0.117. The number of pyridine rings is 1. The maximum Gasteiger partial charge on any atom is 0.224 e.